The molecule has 1 aliphatic heterocycles. The molecule has 29 heavy (non-hydrogen) atoms. The molecule has 1 fully saturated rings. The van der Waals surface area contributed by atoms with Crippen LogP contribution >= 0.6 is 23.5 Å². The molecule has 0 radical (unpaired) electrons. The third-order valence-corrected chi connectivity index (χ3v) is 7.08. The van der Waals surface area contributed by atoms with E-state index >= 15 is 0 Å². The molecule has 1 aromatic heterocycles. The summed E-state index contributed by atoms with van der Waals surface area (Å²) < 4.78 is 50.6. The lowest BCUT2D eigenvalue weighted by atomic mass is 10.1. The number of aromatic amines is 1. The van der Waals surface area contributed by atoms with Crippen molar-refractivity contribution in [2.45, 2.75) is 24.5 Å². The van der Waals surface area contributed by atoms with Crippen LogP contribution in [0.15, 0.2) is 21.9 Å². The number of aliphatic hydroxyl groups is 2. The first kappa shape index (κ1) is 24.2. The van der Waals surface area contributed by atoms with E-state index in [1.807, 2.05) is 4.98 Å². The highest BCUT2D eigenvalue weighted by Crippen LogP contribution is 2.66. The number of nitrogens with zero attached hydrogens (tertiary/aromatic N) is 1. The molecule has 7 N–H and O–H groups in total. The van der Waals surface area contributed by atoms with Crippen LogP contribution < -0.4 is 11.2 Å². The second-order valence-corrected chi connectivity index (χ2v) is 9.87. The van der Waals surface area contributed by atoms with Gasteiger partial charge in [0.25, 0.3) is 5.56 Å². The Bertz CT molecular complexity index is 997. The van der Waals surface area contributed by atoms with Gasteiger partial charge >= 0.3 is 29.2 Å². The molecule has 6 atom stereocenters. The lowest BCUT2D eigenvalue weighted by Gasteiger charge is -2.19. The van der Waals surface area contributed by atoms with Crippen LogP contribution in [0.2, 0.25) is 0 Å². The van der Waals surface area contributed by atoms with Crippen LogP contribution in [0.25, 0.3) is 0 Å². The maximum Gasteiger partial charge on any atom is 0.490 e. The summed E-state index contributed by atoms with van der Waals surface area (Å²) >= 11 is 0. The summed E-state index contributed by atoms with van der Waals surface area (Å²) in [5.41, 5.74) is -1.74. The Hall–Kier alpha value is -1.03. The van der Waals surface area contributed by atoms with Crippen molar-refractivity contribution in [3.63, 3.8) is 0 Å². The Balaban J connectivity index is 2.06. The standard InChI is InChI=1S/C9H15N2O15P3/c12-5-1-2-11(9(15)10-5)8-7(14)6(13)4(24-8)3-23-28(19,20)26-29(21,22)25-27(16,17)18/h1-2,4,6-8,13-14H,3H2,(H,19,20)(H,21,22)(H,10,12,15)(H2,16,17,18)/t4-,6-,7-,8-/m0/s1. The van der Waals surface area contributed by atoms with Crippen LogP contribution in [0.5, 0.6) is 0 Å². The monoisotopic (exact) mass is 484 g/mol. The topological polar surface area (TPSA) is 264 Å². The first-order valence-corrected chi connectivity index (χ1v) is 11.7. The second-order valence-electron chi connectivity index (χ2n) is 5.45. The lowest BCUT2D eigenvalue weighted by molar-refractivity contribution is -0.0542. The van der Waals surface area contributed by atoms with Crippen LogP contribution in [0.3, 0.4) is 0 Å². The van der Waals surface area contributed by atoms with E-state index in [1.165, 1.54) is 0 Å². The highest BCUT2D eigenvalue weighted by atomic mass is 31.3. The molecule has 0 saturated carbocycles. The van der Waals surface area contributed by atoms with Gasteiger partial charge in [0, 0.05) is 12.3 Å². The smallest absolute Gasteiger partial charge is 0.387 e. The highest BCUT2D eigenvalue weighted by molar-refractivity contribution is 7.66. The van der Waals surface area contributed by atoms with Crippen LogP contribution in [0.1, 0.15) is 6.23 Å². The van der Waals surface area contributed by atoms with E-state index in [0.717, 1.165) is 12.3 Å². The van der Waals surface area contributed by atoms with Gasteiger partial charge in [-0.15, -0.1) is 0 Å². The minimum absolute atomic E-state index is 0.708. The first-order valence-electron chi connectivity index (χ1n) is 7.22. The van der Waals surface area contributed by atoms with Gasteiger partial charge in [0.05, 0.1) is 6.61 Å². The van der Waals surface area contributed by atoms with Crippen molar-refractivity contribution in [1.29, 1.82) is 0 Å². The largest absolute Gasteiger partial charge is 0.490 e. The fraction of sp³-hybridized carbons (Fsp3) is 0.556. The molecule has 1 aliphatic rings. The van der Waals surface area contributed by atoms with Crippen molar-refractivity contribution in [3.8, 4) is 0 Å². The number of ether oxygens (including phenoxy) is 1. The molecular formula is C9H15N2O15P3. The van der Waals surface area contributed by atoms with Gasteiger partial charge < -0.3 is 34.5 Å². The molecule has 17 nitrogen and oxygen atoms in total. The molecule has 1 aromatic rings. The maximum atomic E-state index is 11.7. The molecule has 1 saturated heterocycles. The van der Waals surface area contributed by atoms with E-state index in [-0.39, 0.29) is 0 Å². The Morgan fingerprint density at radius 2 is 1.66 bits per heavy atom. The molecule has 0 amide bonds. The zero-order valence-electron chi connectivity index (χ0n) is 13.8. The van der Waals surface area contributed by atoms with Crippen LogP contribution in [0.4, 0.5) is 0 Å². The molecule has 0 bridgehead atoms. The van der Waals surface area contributed by atoms with Crippen molar-refractivity contribution >= 4 is 23.5 Å². The summed E-state index contributed by atoms with van der Waals surface area (Å²) in [5, 5.41) is 19.9. The van der Waals surface area contributed by atoms with Gasteiger partial charge in [-0.2, -0.15) is 8.62 Å². The van der Waals surface area contributed by atoms with E-state index in [4.69, 9.17) is 19.4 Å². The minimum atomic E-state index is -5.73. The molecule has 2 heterocycles. The zero-order chi connectivity index (χ0) is 22.2. The van der Waals surface area contributed by atoms with E-state index in [2.05, 4.69) is 13.1 Å². The third kappa shape index (κ3) is 6.73. The van der Waals surface area contributed by atoms with Gasteiger partial charge in [0.15, 0.2) is 6.23 Å². The van der Waals surface area contributed by atoms with Crippen LogP contribution in [0, 0.1) is 0 Å². The average molecular weight is 484 g/mol. The van der Waals surface area contributed by atoms with Crippen LogP contribution in [-0.4, -0.2) is 64.3 Å². The number of aromatic nitrogens is 2. The number of aliphatic hydroxyl groups excluding tert-OH is 2. The predicted molar refractivity (Wildman–Crippen MR) is 87.1 cm³/mol. The molecule has 20 heteroatoms. The molecule has 0 aliphatic carbocycles. The average Bonchev–Trinajstić information content (AvgIpc) is 2.78. The van der Waals surface area contributed by atoms with Gasteiger partial charge in [-0.3, -0.25) is 18.9 Å². The molecule has 2 unspecified atom stereocenters. The fourth-order valence-electron chi connectivity index (χ4n) is 2.20. The number of rotatable bonds is 8. The minimum Gasteiger partial charge on any atom is -0.387 e. The van der Waals surface area contributed by atoms with Crippen molar-refractivity contribution < 1.29 is 61.4 Å². The van der Waals surface area contributed by atoms with Crippen molar-refractivity contribution in [2.24, 2.45) is 0 Å². The molecular weight excluding hydrogens is 469 g/mol. The van der Waals surface area contributed by atoms with Crippen molar-refractivity contribution in [2.75, 3.05) is 6.61 Å². The predicted octanol–water partition coefficient (Wildman–Crippen LogP) is -2.50. The van der Waals surface area contributed by atoms with Crippen molar-refractivity contribution in [1.82, 2.24) is 9.55 Å². The Labute approximate surface area is 159 Å². The highest BCUT2D eigenvalue weighted by Gasteiger charge is 2.46. The van der Waals surface area contributed by atoms with E-state index in [9.17, 15) is 38.4 Å². The Morgan fingerprint density at radius 1 is 1.03 bits per heavy atom. The third-order valence-electron chi connectivity index (χ3n) is 3.28. The van der Waals surface area contributed by atoms with E-state index in [1.54, 1.807) is 0 Å². The normalized spacial score (nSPS) is 29.3. The maximum absolute atomic E-state index is 11.7. The van der Waals surface area contributed by atoms with E-state index < -0.39 is 65.9 Å². The van der Waals surface area contributed by atoms with Crippen molar-refractivity contribution in [3.05, 3.63) is 33.1 Å². The summed E-state index contributed by atoms with van der Waals surface area (Å²) in [4.78, 5) is 59.9. The second kappa shape index (κ2) is 8.61. The lowest BCUT2D eigenvalue weighted by Crippen LogP contribution is -2.37. The number of nitrogens with one attached hydrogen (secondary N) is 1. The Morgan fingerprint density at radius 3 is 2.21 bits per heavy atom. The Kier molecular flexibility index (Phi) is 7.20. The number of phosphoric acid groups is 3. The first-order chi connectivity index (χ1) is 13.1. The van der Waals surface area contributed by atoms with Crippen LogP contribution in [-0.2, 0) is 31.6 Å². The summed E-state index contributed by atoms with van der Waals surface area (Å²) in [7, 11) is -16.8. The molecule has 166 valence electrons. The summed E-state index contributed by atoms with van der Waals surface area (Å²) in [6.45, 7) is -1.05. The number of H-pyrrole nitrogens is 1. The number of hydrogen-bond donors (Lipinski definition) is 7. The molecule has 2 rings (SSSR count). The number of hydrogen-bond acceptors (Lipinski definition) is 11. The summed E-state index contributed by atoms with van der Waals surface area (Å²) in [6, 6.07) is 0.920. The SMILES string of the molecule is O=c1ccn([C@H]2O[C@@H](COP(=O)(O)OP(=O)(O)OP(=O)(O)O)[C@H](O)[C@@H]2O)c(=O)[nH]1. The molecule has 0 aromatic carbocycles. The van der Waals surface area contributed by atoms with E-state index in [0.29, 0.717) is 4.57 Å². The van der Waals surface area contributed by atoms with Gasteiger partial charge in [-0.25, -0.2) is 18.5 Å². The van der Waals surface area contributed by atoms with Gasteiger partial charge in [0.2, 0.25) is 0 Å². The quantitative estimate of drug-likeness (QED) is 0.188. The summed E-state index contributed by atoms with van der Waals surface area (Å²) in [5.74, 6) is 0. The number of phosphoric ester groups is 1. The summed E-state index contributed by atoms with van der Waals surface area (Å²) in [6.07, 6.45) is -5.70. The zero-order valence-corrected chi connectivity index (χ0v) is 16.5. The molecule has 0 spiro atoms. The fourth-order valence-corrected chi connectivity index (χ4v) is 5.23. The van der Waals surface area contributed by atoms with Gasteiger partial charge in [-0.1, -0.05) is 0 Å². The van der Waals surface area contributed by atoms with Gasteiger partial charge in [0.1, 0.15) is 18.3 Å². The van der Waals surface area contributed by atoms with Gasteiger partial charge in [-0.05, 0) is 0 Å².